The van der Waals surface area contributed by atoms with E-state index in [0.717, 1.165) is 19.8 Å². The van der Waals surface area contributed by atoms with Gasteiger partial charge in [-0.15, -0.1) is 0 Å². The van der Waals surface area contributed by atoms with E-state index in [1.165, 1.54) is 0 Å². The summed E-state index contributed by atoms with van der Waals surface area (Å²) >= 11 is 0. The summed E-state index contributed by atoms with van der Waals surface area (Å²) in [5.74, 6) is -0.833. The quantitative estimate of drug-likeness (QED) is 0.640. The Morgan fingerprint density at radius 3 is 1.21 bits per heavy atom. The Labute approximate surface area is 85.0 Å². The summed E-state index contributed by atoms with van der Waals surface area (Å²) < 4.78 is 0. The van der Waals surface area contributed by atoms with Crippen molar-refractivity contribution in [3.05, 3.63) is 48.6 Å². The number of hydrogen-bond donors (Lipinski definition) is 1. The van der Waals surface area contributed by atoms with E-state index in [4.69, 9.17) is 9.90 Å². The molecule has 0 unspecified atom stereocenters. The molecule has 0 fully saturated rings. The van der Waals surface area contributed by atoms with Crippen molar-refractivity contribution >= 4 is 5.97 Å². The predicted octanol–water partition coefficient (Wildman–Crippen LogP) is 3.10. The third kappa shape index (κ3) is 13.1. The van der Waals surface area contributed by atoms with Crippen molar-refractivity contribution in [3.63, 3.8) is 0 Å². The van der Waals surface area contributed by atoms with Gasteiger partial charge in [-0.1, -0.05) is 48.6 Å². The number of hydrogen-bond acceptors (Lipinski definition) is 1. The molecule has 2 aliphatic carbocycles. The van der Waals surface area contributed by atoms with Crippen LogP contribution in [0.25, 0.3) is 0 Å². The number of carboxylic acid groups (broad SMARTS) is 1. The van der Waals surface area contributed by atoms with E-state index >= 15 is 0 Å². The Morgan fingerprint density at radius 2 is 1.14 bits per heavy atom. The van der Waals surface area contributed by atoms with E-state index in [0.29, 0.717) is 0 Å². The van der Waals surface area contributed by atoms with E-state index in [1.54, 1.807) is 0 Å². The number of carboxylic acids is 1. The SMILES string of the molecule is C1=CCC=C1.C1=CCC=C1.CC(=O)O. The highest BCUT2D eigenvalue weighted by atomic mass is 16.4. The molecule has 0 saturated carbocycles. The Kier molecular flexibility index (Phi) is 8.45. The van der Waals surface area contributed by atoms with E-state index in [9.17, 15) is 0 Å². The van der Waals surface area contributed by atoms with Gasteiger partial charge in [0, 0.05) is 6.92 Å². The third-order valence-electron chi connectivity index (χ3n) is 1.31. The predicted molar refractivity (Wildman–Crippen MR) is 59.1 cm³/mol. The zero-order valence-corrected chi connectivity index (χ0v) is 8.39. The first kappa shape index (κ1) is 12.4. The average molecular weight is 192 g/mol. The zero-order chi connectivity index (χ0) is 10.6. The summed E-state index contributed by atoms with van der Waals surface area (Å²) in [5.41, 5.74) is 0. The van der Waals surface area contributed by atoms with Crippen LogP contribution in [0.5, 0.6) is 0 Å². The normalized spacial score (nSPS) is 14.4. The van der Waals surface area contributed by atoms with Crippen LogP contribution in [-0.4, -0.2) is 11.1 Å². The number of allylic oxidation sites excluding steroid dienone is 8. The van der Waals surface area contributed by atoms with Gasteiger partial charge in [0.05, 0.1) is 0 Å². The van der Waals surface area contributed by atoms with Gasteiger partial charge < -0.3 is 5.11 Å². The molecule has 2 heteroatoms. The molecule has 2 rings (SSSR count). The first-order valence-corrected chi connectivity index (χ1v) is 4.56. The standard InChI is InChI=1S/2C5H6.C2H4O2/c2*1-2-4-5-3-1;1-2(3)4/h2*1-4H,5H2;1H3,(H,3,4). The maximum Gasteiger partial charge on any atom is 0.300 e. The average Bonchev–Trinajstić information content (AvgIpc) is 2.83. The minimum atomic E-state index is -0.833. The van der Waals surface area contributed by atoms with E-state index in [1.807, 2.05) is 0 Å². The van der Waals surface area contributed by atoms with Gasteiger partial charge >= 0.3 is 0 Å². The van der Waals surface area contributed by atoms with Crippen molar-refractivity contribution in [3.8, 4) is 0 Å². The molecule has 0 aromatic carbocycles. The highest BCUT2D eigenvalue weighted by Crippen LogP contribution is 1.93. The van der Waals surface area contributed by atoms with Crippen molar-refractivity contribution in [1.29, 1.82) is 0 Å². The molecule has 2 aliphatic rings. The fraction of sp³-hybridized carbons (Fsp3) is 0.250. The molecule has 0 aromatic rings. The lowest BCUT2D eigenvalue weighted by Gasteiger charge is -1.59. The molecule has 0 radical (unpaired) electrons. The van der Waals surface area contributed by atoms with Crippen LogP contribution >= 0.6 is 0 Å². The largest absolute Gasteiger partial charge is 0.481 e. The van der Waals surface area contributed by atoms with Gasteiger partial charge in [0.25, 0.3) is 5.97 Å². The smallest absolute Gasteiger partial charge is 0.300 e. The highest BCUT2D eigenvalue weighted by molar-refractivity contribution is 5.62. The summed E-state index contributed by atoms with van der Waals surface area (Å²) in [5, 5.41) is 7.42. The van der Waals surface area contributed by atoms with Crippen molar-refractivity contribution < 1.29 is 9.90 Å². The van der Waals surface area contributed by atoms with Gasteiger partial charge in [-0.25, -0.2) is 0 Å². The fourth-order valence-corrected chi connectivity index (χ4v) is 0.786. The molecule has 0 aromatic heterocycles. The molecule has 0 aliphatic heterocycles. The summed E-state index contributed by atoms with van der Waals surface area (Å²) in [4.78, 5) is 9.00. The number of carbonyl (C=O) groups is 1. The lowest BCUT2D eigenvalue weighted by atomic mass is 10.5. The van der Waals surface area contributed by atoms with Crippen LogP contribution in [0.2, 0.25) is 0 Å². The molecule has 0 heterocycles. The lowest BCUT2D eigenvalue weighted by Crippen LogP contribution is -1.78. The molecule has 76 valence electrons. The van der Waals surface area contributed by atoms with Crippen molar-refractivity contribution in [2.45, 2.75) is 19.8 Å². The lowest BCUT2D eigenvalue weighted by molar-refractivity contribution is -0.134. The molecule has 0 atom stereocenters. The zero-order valence-electron chi connectivity index (χ0n) is 8.39. The summed E-state index contributed by atoms with van der Waals surface area (Å²) in [7, 11) is 0. The number of rotatable bonds is 0. The van der Waals surface area contributed by atoms with E-state index in [2.05, 4.69) is 48.6 Å². The Morgan fingerprint density at radius 1 is 0.929 bits per heavy atom. The molecule has 0 bridgehead atoms. The van der Waals surface area contributed by atoms with Gasteiger partial charge in [-0.3, -0.25) is 4.79 Å². The van der Waals surface area contributed by atoms with E-state index < -0.39 is 5.97 Å². The van der Waals surface area contributed by atoms with Gasteiger partial charge in [0.2, 0.25) is 0 Å². The molecule has 0 spiro atoms. The van der Waals surface area contributed by atoms with Crippen molar-refractivity contribution in [2.24, 2.45) is 0 Å². The summed E-state index contributed by atoms with van der Waals surface area (Å²) in [6.45, 7) is 1.08. The van der Waals surface area contributed by atoms with Crippen LogP contribution in [0, 0.1) is 0 Å². The maximum absolute atomic E-state index is 9.00. The molecule has 1 N–H and O–H groups in total. The minimum Gasteiger partial charge on any atom is -0.481 e. The van der Waals surface area contributed by atoms with Gasteiger partial charge in [-0.05, 0) is 12.8 Å². The van der Waals surface area contributed by atoms with E-state index in [-0.39, 0.29) is 0 Å². The maximum atomic E-state index is 9.00. The van der Waals surface area contributed by atoms with Crippen LogP contribution in [0.15, 0.2) is 48.6 Å². The van der Waals surface area contributed by atoms with Crippen molar-refractivity contribution in [1.82, 2.24) is 0 Å². The Hall–Kier alpha value is -1.57. The highest BCUT2D eigenvalue weighted by Gasteiger charge is 1.72. The minimum absolute atomic E-state index is 0.833. The monoisotopic (exact) mass is 192 g/mol. The second kappa shape index (κ2) is 9.52. The van der Waals surface area contributed by atoms with Crippen LogP contribution in [0.3, 0.4) is 0 Å². The van der Waals surface area contributed by atoms with Crippen molar-refractivity contribution in [2.75, 3.05) is 0 Å². The van der Waals surface area contributed by atoms with Crippen LogP contribution < -0.4 is 0 Å². The molecule has 0 amide bonds. The molecular formula is C12H16O2. The topological polar surface area (TPSA) is 37.3 Å². The first-order valence-electron chi connectivity index (χ1n) is 4.56. The van der Waals surface area contributed by atoms with Crippen LogP contribution in [0.1, 0.15) is 19.8 Å². The van der Waals surface area contributed by atoms with Crippen LogP contribution in [-0.2, 0) is 4.79 Å². The number of aliphatic carboxylic acids is 1. The molecule has 14 heavy (non-hydrogen) atoms. The molecule has 0 saturated heterocycles. The third-order valence-corrected chi connectivity index (χ3v) is 1.31. The summed E-state index contributed by atoms with van der Waals surface area (Å²) in [6.07, 6.45) is 19.0. The fourth-order valence-electron chi connectivity index (χ4n) is 0.786. The Bertz CT molecular complexity index is 211. The molecular weight excluding hydrogens is 176 g/mol. The Balaban J connectivity index is 0.000000183. The molecule has 2 nitrogen and oxygen atoms in total. The summed E-state index contributed by atoms with van der Waals surface area (Å²) in [6, 6.07) is 0. The van der Waals surface area contributed by atoms with Crippen LogP contribution in [0.4, 0.5) is 0 Å². The second-order valence-electron chi connectivity index (χ2n) is 2.70. The van der Waals surface area contributed by atoms with Gasteiger partial charge in [-0.2, -0.15) is 0 Å². The van der Waals surface area contributed by atoms with Gasteiger partial charge in [0.1, 0.15) is 0 Å². The first-order chi connectivity index (χ1) is 6.73. The second-order valence-corrected chi connectivity index (χ2v) is 2.70. The van der Waals surface area contributed by atoms with Gasteiger partial charge in [0.15, 0.2) is 0 Å².